The molecule has 75 heavy (non-hydrogen) atoms. The number of halogens is 6. The topological polar surface area (TPSA) is 526 Å². The number of rotatable bonds is 29. The average Bonchev–Trinajstić information content (AvgIpc) is 3.72. The van der Waals surface area contributed by atoms with Crippen molar-refractivity contribution >= 4 is 151 Å². The van der Waals surface area contributed by atoms with Crippen LogP contribution in [0.15, 0.2) is 0 Å². The van der Waals surface area contributed by atoms with Crippen molar-refractivity contribution in [2.75, 3.05) is 66.9 Å². The Morgan fingerprint density at radius 2 is 0.960 bits per heavy atom. The lowest BCUT2D eigenvalue weighted by Crippen LogP contribution is -2.38. The van der Waals surface area contributed by atoms with Gasteiger partial charge in [-0.2, -0.15) is 15.8 Å². The van der Waals surface area contributed by atoms with E-state index in [9.17, 15) is 87.6 Å². The van der Waals surface area contributed by atoms with E-state index in [2.05, 4.69) is 129 Å². The Bertz CT molecular complexity index is 2050. The van der Waals surface area contributed by atoms with E-state index < -0.39 is 103 Å². The predicted molar refractivity (Wildman–Crippen MR) is 281 cm³/mol. The fourth-order valence-corrected chi connectivity index (χ4v) is 13.8. The van der Waals surface area contributed by atoms with Crippen LogP contribution in [0.5, 0.6) is 0 Å². The summed E-state index contributed by atoms with van der Waals surface area (Å²) < 4.78 is 43.7. The molecule has 47 heteroatoms. The number of nitrogens with zero attached hydrogens (tertiary/aromatic N) is 10. The van der Waals surface area contributed by atoms with Crippen molar-refractivity contribution in [2.24, 2.45) is 5.92 Å². The van der Waals surface area contributed by atoms with Crippen LogP contribution in [0.2, 0.25) is 0 Å². The molecule has 0 aromatic heterocycles. The molecular formula is C28H42Br6N10O26S5. The number of hydrogen-bond donors (Lipinski definition) is 1. The molecule has 432 valence electrons. The lowest BCUT2D eigenvalue weighted by Gasteiger charge is -2.20. The third kappa shape index (κ3) is 46.5. The molecule has 0 radical (unpaired) electrons. The summed E-state index contributed by atoms with van der Waals surface area (Å²) in [5.41, 5.74) is 0. The zero-order valence-corrected chi connectivity index (χ0v) is 51.2. The lowest BCUT2D eigenvalue weighted by atomic mass is 10.1. The van der Waals surface area contributed by atoms with E-state index >= 15 is 0 Å². The van der Waals surface area contributed by atoms with Gasteiger partial charge >= 0.3 is 0 Å². The van der Waals surface area contributed by atoms with E-state index in [1.807, 2.05) is 5.40 Å². The Kier molecular flexibility index (Phi) is 47.6. The highest BCUT2D eigenvalue weighted by molar-refractivity contribution is 9.10. The second kappa shape index (κ2) is 45.7. The molecule has 2 aliphatic rings. The first-order valence-corrected chi connectivity index (χ1v) is 32.2. The molecular weight excluding hydrogens is 1530 g/mol. The van der Waals surface area contributed by atoms with Crippen molar-refractivity contribution in [1.29, 1.82) is 15.8 Å². The number of alkyl halides is 6. The van der Waals surface area contributed by atoms with Gasteiger partial charge in [0.1, 0.15) is 58.9 Å². The minimum absolute atomic E-state index is 0.0223. The molecule has 2 aliphatic heterocycles. The van der Waals surface area contributed by atoms with Gasteiger partial charge in [-0.1, -0.05) is 103 Å². The number of hydrogen-bond acceptors (Lipinski definition) is 32. The van der Waals surface area contributed by atoms with Crippen LogP contribution in [0.1, 0.15) is 19.8 Å². The molecule has 1 N–H and O–H groups in total. The highest BCUT2D eigenvalue weighted by Crippen LogP contribution is 2.23. The molecule has 0 amide bonds. The summed E-state index contributed by atoms with van der Waals surface area (Å²) in [5.74, 6) is -0.359. The van der Waals surface area contributed by atoms with Crippen LogP contribution in [0.25, 0.3) is 0 Å². The molecule has 0 aromatic carbocycles. The summed E-state index contributed by atoms with van der Waals surface area (Å²) in [6.07, 6.45) is -5.63. The summed E-state index contributed by atoms with van der Waals surface area (Å²) >= 11 is 20.7. The second-order valence-electron chi connectivity index (χ2n) is 13.1. The molecule has 2 saturated heterocycles. The molecule has 0 saturated carbocycles. The van der Waals surface area contributed by atoms with Crippen LogP contribution in [-0.4, -0.2) is 178 Å². The zero-order chi connectivity index (χ0) is 58.9. The van der Waals surface area contributed by atoms with E-state index in [0.29, 0.717) is 41.0 Å². The van der Waals surface area contributed by atoms with E-state index in [-0.39, 0.29) is 62.5 Å². The summed E-state index contributed by atoms with van der Waals surface area (Å²) in [6, 6.07) is 0. The van der Waals surface area contributed by atoms with Crippen molar-refractivity contribution in [2.45, 2.75) is 73.4 Å². The second-order valence-corrected chi connectivity index (χ2v) is 24.4. The normalized spacial score (nSPS) is 19.4. The monoisotopic (exact) mass is 1570 g/mol. The summed E-state index contributed by atoms with van der Waals surface area (Å²) in [6.45, 7) is 1.62. The Morgan fingerprint density at radius 3 is 1.32 bits per heavy atom. The van der Waals surface area contributed by atoms with Crippen LogP contribution in [0, 0.1) is 109 Å². The highest BCUT2D eigenvalue weighted by Gasteiger charge is 2.39. The van der Waals surface area contributed by atoms with E-state index in [0.717, 1.165) is 23.5 Å². The number of thioether (sulfide) groups is 3. The van der Waals surface area contributed by atoms with Gasteiger partial charge in [-0.15, -0.1) is 70.8 Å². The maximum atomic E-state index is 10.9. The van der Waals surface area contributed by atoms with Crippen molar-refractivity contribution in [3.8, 4) is 16.2 Å². The maximum Gasteiger partial charge on any atom is 0.294 e. The maximum absolute atomic E-state index is 10.9. The molecule has 0 aromatic rings. The average molecular weight is 1570 g/mol. The Hall–Kier alpha value is -3.34. The van der Waals surface area contributed by atoms with Crippen molar-refractivity contribution in [3.05, 3.63) is 70.8 Å². The molecule has 2 heterocycles. The van der Waals surface area contributed by atoms with Crippen LogP contribution in [0.4, 0.5) is 0 Å². The van der Waals surface area contributed by atoms with Gasteiger partial charge in [0.05, 0.1) is 33.9 Å². The summed E-state index contributed by atoms with van der Waals surface area (Å²) in [5, 5.41) is 104. The fourth-order valence-electron chi connectivity index (χ4n) is 4.42. The Morgan fingerprint density at radius 1 is 0.547 bits per heavy atom. The fraction of sp³-hybridized carbons (Fsp3) is 0.893. The van der Waals surface area contributed by atoms with Crippen LogP contribution >= 0.6 is 131 Å². The lowest BCUT2D eigenvalue weighted by molar-refractivity contribution is -0.796. The highest BCUT2D eigenvalue weighted by atomic mass is 79.9. The Balaban J connectivity index is -0.000000406. The largest absolute Gasteiger partial charge is 0.390 e. The number of thiocyanates is 3. The van der Waals surface area contributed by atoms with Gasteiger partial charge < -0.3 is 39.0 Å². The van der Waals surface area contributed by atoms with Gasteiger partial charge in [0.2, 0.25) is 0 Å². The standard InChI is InChI=1S/C6H7N3O3S2.C5H6BrN3O6S.C5H9NO5S.C4H7Br2NO4.C4H7Br2NO3.C4H6BrNO5S/c7-4-13-2-1-6(3-14-5-8)12-9(10)11;6-1-4(14-8(10)11)5(2-16-3-7)15-9(12)13;1-4-2-12(9,10)3-5(4)11-6(7)8;5-1-3(8)4(2-6)11-7(9)10;5-2-1-4(3-6)10-7(8)9;5-3-1-12(9,10)2-4(3)11-6(7)8/h6H,1-3H2;4-5H,1-2H2;4-5H,2-3H2,1H3;3-4,8H,1-2H2;4H,1-3H2;3-4H,1-2H2. The Labute approximate surface area is 486 Å². The summed E-state index contributed by atoms with van der Waals surface area (Å²) in [4.78, 5) is 98.7. The zero-order valence-electron chi connectivity index (χ0n) is 37.6. The number of sulfone groups is 2. The first-order chi connectivity index (χ1) is 34.8. The molecule has 10 unspecified atom stereocenters. The molecule has 36 nitrogen and oxygen atoms in total. The molecule has 0 aliphatic carbocycles. The number of aliphatic hydroxyl groups is 1. The third-order valence-corrected chi connectivity index (χ3v) is 17.4. The molecule has 2 fully saturated rings. The van der Waals surface area contributed by atoms with Crippen molar-refractivity contribution in [3.63, 3.8) is 0 Å². The number of nitriles is 3. The first-order valence-electron chi connectivity index (χ1n) is 19.1. The first kappa shape index (κ1) is 78.2. The third-order valence-electron chi connectivity index (χ3n) is 7.54. The summed E-state index contributed by atoms with van der Waals surface area (Å²) in [7, 11) is -6.29. The van der Waals surface area contributed by atoms with Gasteiger partial charge in [0.25, 0.3) is 35.6 Å². The van der Waals surface area contributed by atoms with Crippen LogP contribution < -0.4 is 0 Å². The van der Waals surface area contributed by atoms with E-state index in [4.69, 9.17) is 20.9 Å². The van der Waals surface area contributed by atoms with Crippen molar-refractivity contribution < 1.29 is 91.4 Å². The van der Waals surface area contributed by atoms with Gasteiger partial charge in [0.15, 0.2) is 19.7 Å². The molecule has 0 spiro atoms. The molecule has 2 rings (SSSR count). The van der Waals surface area contributed by atoms with Crippen molar-refractivity contribution in [1.82, 2.24) is 0 Å². The minimum atomic E-state index is -3.17. The van der Waals surface area contributed by atoms with Crippen LogP contribution in [-0.2, 0) is 53.5 Å². The molecule has 10 atom stereocenters. The SMILES string of the molecule is CC1CS(=O)(=O)CC1O[N+](=O)[O-].N#CSCC(O[N+](=O)[O-])C(CBr)O[N+](=O)[O-].N#CSCCC(CSC#N)O[N+](=O)[O-].O=[N+]([O-])OC(CBr)C(O)CBr.O=[N+]([O-])OC(CBr)CCBr.O=[N+]([O-])OC1CS(=O)(=O)CC1Br. The van der Waals surface area contributed by atoms with Gasteiger partial charge in [-0.3, -0.25) is 0 Å². The van der Waals surface area contributed by atoms with Crippen LogP contribution in [0.3, 0.4) is 0 Å². The predicted octanol–water partition coefficient (Wildman–Crippen LogP) is 3.97. The van der Waals surface area contributed by atoms with E-state index in [1.54, 1.807) is 17.7 Å². The quantitative estimate of drug-likeness (QED) is 0.0364. The van der Waals surface area contributed by atoms with Gasteiger partial charge in [-0.25, -0.2) is 16.8 Å². The van der Waals surface area contributed by atoms with E-state index in [1.165, 1.54) is 0 Å². The van der Waals surface area contributed by atoms with Gasteiger partial charge in [-0.05, 0) is 54.0 Å². The number of aliphatic hydroxyl groups excluding tert-OH is 1. The minimum Gasteiger partial charge on any atom is -0.390 e. The van der Waals surface area contributed by atoms with Gasteiger partial charge in [0, 0.05) is 43.9 Å². The molecule has 0 bridgehead atoms. The smallest absolute Gasteiger partial charge is 0.294 e.